The Morgan fingerprint density at radius 2 is 1.84 bits per heavy atom. The lowest BCUT2D eigenvalue weighted by molar-refractivity contribution is 0.221. The highest BCUT2D eigenvalue weighted by molar-refractivity contribution is 14.0. The Labute approximate surface area is 210 Å². The topological polar surface area (TPSA) is 74.9 Å². The summed E-state index contributed by atoms with van der Waals surface area (Å²) in [5.74, 6) is 3.13. The van der Waals surface area contributed by atoms with E-state index in [4.69, 9.17) is 14.1 Å². The summed E-state index contributed by atoms with van der Waals surface area (Å²) in [5.41, 5.74) is 1.00. The number of aliphatic imine (C=N–C) groups is 1. The van der Waals surface area contributed by atoms with Crippen molar-refractivity contribution < 1.29 is 9.15 Å². The number of guanidine groups is 1. The first-order chi connectivity index (χ1) is 14.9. The molecule has 0 unspecified atom stereocenters. The average Bonchev–Trinajstić information content (AvgIpc) is 3.24. The lowest BCUT2D eigenvalue weighted by atomic mass is 9.94. The van der Waals surface area contributed by atoms with E-state index in [1.54, 1.807) is 6.20 Å². The van der Waals surface area contributed by atoms with Crippen molar-refractivity contribution in [3.05, 3.63) is 47.7 Å². The summed E-state index contributed by atoms with van der Waals surface area (Å²) in [7, 11) is 0. The van der Waals surface area contributed by atoms with Gasteiger partial charge in [-0.3, -0.25) is 0 Å². The van der Waals surface area contributed by atoms with Crippen molar-refractivity contribution in [3.63, 3.8) is 0 Å². The third kappa shape index (κ3) is 9.36. The molecule has 0 aliphatic rings. The van der Waals surface area contributed by atoms with Crippen molar-refractivity contribution >= 4 is 29.9 Å². The molecular weight excluding hydrogens is 517 g/mol. The van der Waals surface area contributed by atoms with Gasteiger partial charge in [0.15, 0.2) is 5.96 Å². The van der Waals surface area contributed by atoms with E-state index in [1.807, 2.05) is 25.1 Å². The molecule has 1 aromatic carbocycles. The number of nitrogens with zero attached hydrogens (tertiary/aromatic N) is 3. The van der Waals surface area contributed by atoms with Crippen molar-refractivity contribution in [1.29, 1.82) is 0 Å². The number of rotatable bonds is 11. The van der Waals surface area contributed by atoms with E-state index in [1.165, 1.54) is 0 Å². The molecule has 8 heteroatoms. The van der Waals surface area contributed by atoms with Gasteiger partial charge in [-0.15, -0.1) is 24.0 Å². The van der Waals surface area contributed by atoms with Crippen molar-refractivity contribution in [2.24, 2.45) is 4.99 Å². The van der Waals surface area contributed by atoms with Crippen molar-refractivity contribution in [1.82, 2.24) is 20.5 Å². The smallest absolute Gasteiger partial charge is 0.213 e. The van der Waals surface area contributed by atoms with E-state index in [0.717, 1.165) is 49.2 Å². The summed E-state index contributed by atoms with van der Waals surface area (Å²) in [5, 5.41) is 6.57. The first-order valence-corrected chi connectivity index (χ1v) is 11.3. The Kier molecular flexibility index (Phi) is 12.7. The van der Waals surface area contributed by atoms with E-state index in [-0.39, 0.29) is 29.4 Å². The molecule has 0 aliphatic carbocycles. The molecular formula is C24H40IN5O2. The van der Waals surface area contributed by atoms with Crippen LogP contribution in [-0.4, -0.2) is 48.6 Å². The predicted molar refractivity (Wildman–Crippen MR) is 142 cm³/mol. The first kappa shape index (κ1) is 28.2. The fraction of sp³-hybridized carbons (Fsp3) is 0.583. The number of ether oxygens (including phenoxy) is 1. The van der Waals surface area contributed by atoms with Gasteiger partial charge in [-0.2, -0.15) is 0 Å². The molecule has 0 bridgehead atoms. The highest BCUT2D eigenvalue weighted by Crippen LogP contribution is 2.22. The number of aromatic nitrogens is 1. The molecule has 2 N–H and O–H groups in total. The van der Waals surface area contributed by atoms with Crippen LogP contribution in [0.3, 0.4) is 0 Å². The van der Waals surface area contributed by atoms with Gasteiger partial charge in [-0.05, 0) is 26.1 Å². The maximum absolute atomic E-state index is 6.05. The van der Waals surface area contributed by atoms with E-state index in [0.29, 0.717) is 25.6 Å². The second-order valence-electron chi connectivity index (χ2n) is 8.40. The Morgan fingerprint density at radius 1 is 1.12 bits per heavy atom. The van der Waals surface area contributed by atoms with Gasteiger partial charge in [-0.25, -0.2) is 9.98 Å². The second-order valence-corrected chi connectivity index (χ2v) is 8.40. The third-order valence-corrected chi connectivity index (χ3v) is 4.98. The summed E-state index contributed by atoms with van der Waals surface area (Å²) in [4.78, 5) is 11.4. The number of hydrogen-bond donors (Lipinski definition) is 2. The van der Waals surface area contributed by atoms with Gasteiger partial charge in [0.25, 0.3) is 0 Å². The standard InChI is InChI=1S/C24H39N5O2.HI/c1-7-25-23(28-18-22-26-17-21(31-22)24(4,5)6)27-16-19-12-10-11-13-20(19)30-15-14-29(8-2)9-3;/h10-13,17H,7-9,14-16,18H2,1-6H3,(H2,25,27,28);1H. The molecule has 2 aromatic rings. The van der Waals surface area contributed by atoms with Gasteiger partial charge in [-0.1, -0.05) is 52.8 Å². The zero-order chi connectivity index (χ0) is 22.7. The maximum atomic E-state index is 6.05. The summed E-state index contributed by atoms with van der Waals surface area (Å²) in [6.07, 6.45) is 1.80. The monoisotopic (exact) mass is 557 g/mol. The summed E-state index contributed by atoms with van der Waals surface area (Å²) >= 11 is 0. The lowest BCUT2D eigenvalue weighted by Crippen LogP contribution is -2.36. The van der Waals surface area contributed by atoms with Crippen molar-refractivity contribution in [3.8, 4) is 5.75 Å². The molecule has 32 heavy (non-hydrogen) atoms. The van der Waals surface area contributed by atoms with Crippen LogP contribution in [-0.2, 0) is 18.5 Å². The average molecular weight is 558 g/mol. The number of oxazole rings is 1. The van der Waals surface area contributed by atoms with Crippen LogP contribution in [0, 0.1) is 0 Å². The lowest BCUT2D eigenvalue weighted by Gasteiger charge is -2.18. The largest absolute Gasteiger partial charge is 0.492 e. The van der Waals surface area contributed by atoms with Crippen LogP contribution in [0.15, 0.2) is 39.9 Å². The summed E-state index contributed by atoms with van der Waals surface area (Å²) in [6.45, 7) is 18.1. The Bertz CT molecular complexity index is 813. The van der Waals surface area contributed by atoms with Crippen LogP contribution in [0.4, 0.5) is 0 Å². The van der Waals surface area contributed by atoms with Gasteiger partial charge < -0.3 is 24.7 Å². The van der Waals surface area contributed by atoms with Crippen molar-refractivity contribution in [2.75, 3.05) is 32.8 Å². The molecule has 0 saturated heterocycles. The molecule has 0 aliphatic heterocycles. The van der Waals surface area contributed by atoms with Gasteiger partial charge in [0, 0.05) is 24.1 Å². The molecule has 0 spiro atoms. The Hall–Kier alpha value is -1.81. The second kappa shape index (κ2) is 14.4. The fourth-order valence-electron chi connectivity index (χ4n) is 3.00. The number of nitrogens with one attached hydrogen (secondary N) is 2. The van der Waals surface area contributed by atoms with E-state index in [2.05, 4.69) is 61.2 Å². The first-order valence-electron chi connectivity index (χ1n) is 11.3. The van der Waals surface area contributed by atoms with Crippen LogP contribution < -0.4 is 15.4 Å². The molecule has 0 atom stereocenters. The van der Waals surface area contributed by atoms with Gasteiger partial charge in [0.1, 0.15) is 18.1 Å². The van der Waals surface area contributed by atoms with Gasteiger partial charge in [0.05, 0.1) is 19.3 Å². The zero-order valence-electron chi connectivity index (χ0n) is 20.4. The van der Waals surface area contributed by atoms with Crippen molar-refractivity contribution in [2.45, 2.75) is 60.0 Å². The number of para-hydroxylation sites is 1. The quantitative estimate of drug-likeness (QED) is 0.240. The number of hydrogen-bond acceptors (Lipinski definition) is 5. The molecule has 0 amide bonds. The molecule has 0 radical (unpaired) electrons. The molecule has 0 fully saturated rings. The predicted octanol–water partition coefficient (Wildman–Crippen LogP) is 4.57. The Morgan fingerprint density at radius 3 is 2.47 bits per heavy atom. The molecule has 180 valence electrons. The molecule has 0 saturated carbocycles. The SMILES string of the molecule is CCNC(=NCc1ccccc1OCCN(CC)CC)NCc1ncc(C(C)(C)C)o1.I. The van der Waals surface area contributed by atoms with E-state index < -0.39 is 0 Å². The van der Waals surface area contributed by atoms with Crippen LogP contribution in [0.2, 0.25) is 0 Å². The van der Waals surface area contributed by atoms with Crippen LogP contribution in [0.5, 0.6) is 5.75 Å². The Balaban J connectivity index is 0.00000512. The minimum Gasteiger partial charge on any atom is -0.492 e. The highest BCUT2D eigenvalue weighted by atomic mass is 127. The minimum absolute atomic E-state index is 0. The van der Waals surface area contributed by atoms with Crippen LogP contribution in [0.25, 0.3) is 0 Å². The zero-order valence-corrected chi connectivity index (χ0v) is 22.7. The van der Waals surface area contributed by atoms with Crippen LogP contribution >= 0.6 is 24.0 Å². The molecule has 7 nitrogen and oxygen atoms in total. The van der Waals surface area contributed by atoms with Gasteiger partial charge >= 0.3 is 0 Å². The fourth-order valence-corrected chi connectivity index (χ4v) is 3.00. The normalized spacial score (nSPS) is 11.9. The number of likely N-dealkylation sites (N-methyl/N-ethyl adjacent to an activating group) is 1. The van der Waals surface area contributed by atoms with Gasteiger partial charge in [0.2, 0.25) is 5.89 Å². The van der Waals surface area contributed by atoms with E-state index in [9.17, 15) is 0 Å². The number of halogens is 1. The third-order valence-electron chi connectivity index (χ3n) is 4.98. The van der Waals surface area contributed by atoms with E-state index >= 15 is 0 Å². The molecule has 1 heterocycles. The summed E-state index contributed by atoms with van der Waals surface area (Å²) in [6, 6.07) is 8.08. The minimum atomic E-state index is -0.0567. The molecule has 1 aromatic heterocycles. The highest BCUT2D eigenvalue weighted by Gasteiger charge is 2.19. The number of benzene rings is 1. The summed E-state index contributed by atoms with van der Waals surface area (Å²) < 4.78 is 11.9. The maximum Gasteiger partial charge on any atom is 0.213 e. The van der Waals surface area contributed by atoms with Crippen LogP contribution in [0.1, 0.15) is 58.8 Å². The molecule has 2 rings (SSSR count).